The average Bonchev–Trinajstić information content (AvgIpc) is 3.03. The summed E-state index contributed by atoms with van der Waals surface area (Å²) in [5.74, 6) is 1.35. The number of nitrogens with zero attached hydrogens (tertiary/aromatic N) is 2. The molecule has 1 fully saturated rings. The van der Waals surface area contributed by atoms with E-state index in [1.54, 1.807) is 18.0 Å². The lowest BCUT2D eigenvalue weighted by molar-refractivity contribution is -0.134. The molecule has 2 heterocycles. The Balaban J connectivity index is 1.62. The summed E-state index contributed by atoms with van der Waals surface area (Å²) in [7, 11) is 0. The second kappa shape index (κ2) is 6.54. The van der Waals surface area contributed by atoms with Crippen LogP contribution in [0, 0.1) is 0 Å². The Morgan fingerprint density at radius 1 is 1.32 bits per heavy atom. The van der Waals surface area contributed by atoms with Gasteiger partial charge in [-0.05, 0) is 48.1 Å². The molecule has 0 aliphatic carbocycles. The van der Waals surface area contributed by atoms with E-state index >= 15 is 0 Å². The zero-order valence-corrected chi connectivity index (χ0v) is 13.1. The van der Waals surface area contributed by atoms with Gasteiger partial charge >= 0.3 is 0 Å². The van der Waals surface area contributed by atoms with E-state index in [9.17, 15) is 9.90 Å². The molecule has 22 heavy (non-hydrogen) atoms. The molecule has 0 atom stereocenters. The number of nitrogens with one attached hydrogen (secondary N) is 1. The van der Waals surface area contributed by atoms with Crippen molar-refractivity contribution in [1.82, 2.24) is 9.78 Å². The van der Waals surface area contributed by atoms with Crippen molar-refractivity contribution in [2.75, 3.05) is 16.8 Å². The number of carbonyl (C=O) groups is 1. The van der Waals surface area contributed by atoms with Crippen molar-refractivity contribution in [3.8, 4) is 0 Å². The van der Waals surface area contributed by atoms with Crippen LogP contribution in [0.5, 0.6) is 0 Å². The summed E-state index contributed by atoms with van der Waals surface area (Å²) in [6.07, 6.45) is 4.69. The third-order valence-electron chi connectivity index (χ3n) is 3.86. The molecule has 1 amide bonds. The van der Waals surface area contributed by atoms with Gasteiger partial charge in [0, 0.05) is 18.1 Å². The molecule has 6 heteroatoms. The number of benzene rings is 1. The van der Waals surface area contributed by atoms with Gasteiger partial charge in [-0.15, -0.1) is 0 Å². The lowest BCUT2D eigenvalue weighted by Crippen LogP contribution is -2.45. The first-order valence-electron chi connectivity index (χ1n) is 7.34. The van der Waals surface area contributed by atoms with Gasteiger partial charge in [-0.1, -0.05) is 12.1 Å². The van der Waals surface area contributed by atoms with E-state index in [0.717, 1.165) is 17.1 Å². The van der Waals surface area contributed by atoms with Crippen molar-refractivity contribution >= 4 is 23.4 Å². The monoisotopic (exact) mass is 317 g/mol. The Morgan fingerprint density at radius 2 is 2.05 bits per heavy atom. The molecule has 0 spiro atoms. The van der Waals surface area contributed by atoms with E-state index in [-0.39, 0.29) is 5.91 Å². The molecule has 2 N–H and O–H groups in total. The summed E-state index contributed by atoms with van der Waals surface area (Å²) in [5, 5.41) is 17.4. The maximum absolute atomic E-state index is 12.2. The molecule has 1 aromatic heterocycles. The number of rotatable bonds is 4. The molecule has 0 unspecified atom stereocenters. The fraction of sp³-hybridized carbons (Fsp3) is 0.375. The smallest absolute Gasteiger partial charge is 0.256 e. The van der Waals surface area contributed by atoms with Gasteiger partial charge in [0.25, 0.3) is 5.91 Å². The molecular formula is C16H19N3O2S. The summed E-state index contributed by atoms with van der Waals surface area (Å²) < 4.78 is 1.84. The quantitative estimate of drug-likeness (QED) is 0.906. The van der Waals surface area contributed by atoms with E-state index < -0.39 is 5.60 Å². The number of aromatic nitrogens is 2. The van der Waals surface area contributed by atoms with Crippen molar-refractivity contribution in [3.05, 3.63) is 48.3 Å². The second-order valence-corrected chi connectivity index (χ2v) is 6.72. The topological polar surface area (TPSA) is 67.2 Å². The summed E-state index contributed by atoms with van der Waals surface area (Å²) in [6.45, 7) is 0.697. The third kappa shape index (κ3) is 3.51. The first kappa shape index (κ1) is 15.1. The van der Waals surface area contributed by atoms with E-state index in [4.69, 9.17) is 0 Å². The Bertz CT molecular complexity index is 619. The minimum Gasteiger partial charge on any atom is -0.380 e. The van der Waals surface area contributed by atoms with Gasteiger partial charge in [-0.3, -0.25) is 9.48 Å². The molecule has 1 aromatic carbocycles. The summed E-state index contributed by atoms with van der Waals surface area (Å²) in [6, 6.07) is 9.52. The van der Waals surface area contributed by atoms with Crippen LogP contribution in [0.1, 0.15) is 18.4 Å². The van der Waals surface area contributed by atoms with Gasteiger partial charge in [-0.25, -0.2) is 0 Å². The van der Waals surface area contributed by atoms with Crippen molar-refractivity contribution in [2.45, 2.75) is 25.0 Å². The van der Waals surface area contributed by atoms with Crippen LogP contribution in [-0.2, 0) is 11.3 Å². The third-order valence-corrected chi connectivity index (χ3v) is 4.84. The number of aliphatic hydroxyl groups is 1. The van der Waals surface area contributed by atoms with Crippen LogP contribution >= 0.6 is 11.8 Å². The second-order valence-electron chi connectivity index (χ2n) is 5.50. The standard InChI is InChI=1S/C16H19N3O2S/c20-15(16(21)6-10-22-11-7-16)18-14-4-2-13(3-5-14)12-19-9-1-8-17-19/h1-5,8-9,21H,6-7,10-12H2,(H,18,20). The number of carbonyl (C=O) groups excluding carboxylic acids is 1. The van der Waals surface area contributed by atoms with Crippen molar-refractivity contribution < 1.29 is 9.90 Å². The zero-order chi connectivity index (χ0) is 15.4. The van der Waals surface area contributed by atoms with Gasteiger partial charge in [0.1, 0.15) is 5.60 Å². The molecule has 0 saturated carbocycles. The highest BCUT2D eigenvalue weighted by Gasteiger charge is 2.37. The van der Waals surface area contributed by atoms with Crippen molar-refractivity contribution in [3.63, 3.8) is 0 Å². The van der Waals surface area contributed by atoms with Gasteiger partial charge in [0.15, 0.2) is 0 Å². The Morgan fingerprint density at radius 3 is 2.68 bits per heavy atom. The van der Waals surface area contributed by atoms with Crippen LogP contribution in [0.25, 0.3) is 0 Å². The van der Waals surface area contributed by atoms with E-state index in [0.29, 0.717) is 25.1 Å². The van der Waals surface area contributed by atoms with Crippen LogP contribution in [-0.4, -0.2) is 37.9 Å². The average molecular weight is 317 g/mol. The highest BCUT2D eigenvalue weighted by Crippen LogP contribution is 2.28. The molecule has 1 aliphatic rings. The van der Waals surface area contributed by atoms with Crippen LogP contribution in [0.15, 0.2) is 42.7 Å². The molecule has 5 nitrogen and oxygen atoms in total. The molecule has 1 aliphatic heterocycles. The number of hydrogen-bond donors (Lipinski definition) is 2. The summed E-state index contributed by atoms with van der Waals surface area (Å²) >= 11 is 1.78. The predicted molar refractivity (Wildman–Crippen MR) is 87.9 cm³/mol. The number of anilines is 1. The van der Waals surface area contributed by atoms with Gasteiger partial charge in [0.05, 0.1) is 6.54 Å². The molecule has 0 radical (unpaired) electrons. The first-order chi connectivity index (χ1) is 10.7. The van der Waals surface area contributed by atoms with E-state index in [1.165, 1.54) is 0 Å². The molecule has 0 bridgehead atoms. The van der Waals surface area contributed by atoms with Gasteiger partial charge < -0.3 is 10.4 Å². The van der Waals surface area contributed by atoms with Gasteiger partial charge in [0.2, 0.25) is 0 Å². The number of hydrogen-bond acceptors (Lipinski definition) is 4. The lowest BCUT2D eigenvalue weighted by atomic mass is 9.95. The zero-order valence-electron chi connectivity index (χ0n) is 12.2. The maximum atomic E-state index is 12.2. The number of thioether (sulfide) groups is 1. The molecule has 2 aromatic rings. The van der Waals surface area contributed by atoms with Crippen LogP contribution in [0.2, 0.25) is 0 Å². The fourth-order valence-electron chi connectivity index (χ4n) is 2.46. The molecule has 1 saturated heterocycles. The van der Waals surface area contributed by atoms with Crippen molar-refractivity contribution in [1.29, 1.82) is 0 Å². The fourth-order valence-corrected chi connectivity index (χ4v) is 3.63. The lowest BCUT2D eigenvalue weighted by Gasteiger charge is -2.30. The van der Waals surface area contributed by atoms with E-state index in [1.807, 2.05) is 41.2 Å². The molecule has 116 valence electrons. The highest BCUT2D eigenvalue weighted by atomic mass is 32.2. The molecular weight excluding hydrogens is 298 g/mol. The van der Waals surface area contributed by atoms with Crippen LogP contribution < -0.4 is 5.32 Å². The highest BCUT2D eigenvalue weighted by molar-refractivity contribution is 7.99. The maximum Gasteiger partial charge on any atom is 0.256 e. The van der Waals surface area contributed by atoms with Crippen LogP contribution in [0.4, 0.5) is 5.69 Å². The number of amides is 1. The minimum absolute atomic E-state index is 0.298. The largest absolute Gasteiger partial charge is 0.380 e. The summed E-state index contributed by atoms with van der Waals surface area (Å²) in [5.41, 5.74) is 0.592. The minimum atomic E-state index is -1.22. The predicted octanol–water partition coefficient (Wildman–Crippen LogP) is 2.13. The Hall–Kier alpha value is -1.79. The first-order valence-corrected chi connectivity index (χ1v) is 8.49. The SMILES string of the molecule is O=C(Nc1ccc(Cn2cccn2)cc1)C1(O)CCSCC1. The van der Waals surface area contributed by atoms with Gasteiger partial charge in [-0.2, -0.15) is 16.9 Å². The Labute approximate surface area is 133 Å². The molecule has 3 rings (SSSR count). The summed E-state index contributed by atoms with van der Waals surface area (Å²) in [4.78, 5) is 12.2. The Kier molecular flexibility index (Phi) is 4.49. The van der Waals surface area contributed by atoms with Crippen molar-refractivity contribution in [2.24, 2.45) is 0 Å². The van der Waals surface area contributed by atoms with Crippen LogP contribution in [0.3, 0.4) is 0 Å². The van der Waals surface area contributed by atoms with E-state index in [2.05, 4.69) is 10.4 Å². The normalized spacial score (nSPS) is 17.1.